The second kappa shape index (κ2) is 8.80. The minimum Gasteiger partial charge on any atom is -0.365 e. The van der Waals surface area contributed by atoms with Crippen molar-refractivity contribution in [3.8, 4) is 0 Å². The number of hydrogen-bond donors (Lipinski definition) is 2. The van der Waals surface area contributed by atoms with Gasteiger partial charge in [0.2, 0.25) is 5.91 Å². The van der Waals surface area contributed by atoms with E-state index in [2.05, 4.69) is 15.6 Å². The molecule has 2 N–H and O–H groups in total. The van der Waals surface area contributed by atoms with Crippen molar-refractivity contribution in [2.75, 3.05) is 10.6 Å². The standard InChI is InChI=1S/C23H19ClN4O2/c24-17-9-6-10-18(13-17)26-21(29)15-28-20-12-5-4-11-19(20)22(27-23(28)30)25-14-16-7-2-1-3-8-16/h1-13H,14-15H2,(H,26,29)(H,25,27,30). The molecule has 30 heavy (non-hydrogen) atoms. The van der Waals surface area contributed by atoms with Gasteiger partial charge in [0.05, 0.1) is 5.52 Å². The van der Waals surface area contributed by atoms with E-state index >= 15 is 0 Å². The minimum absolute atomic E-state index is 0.155. The summed E-state index contributed by atoms with van der Waals surface area (Å²) in [4.78, 5) is 29.4. The van der Waals surface area contributed by atoms with Crippen molar-refractivity contribution < 1.29 is 4.79 Å². The van der Waals surface area contributed by atoms with Crippen LogP contribution in [0.25, 0.3) is 10.9 Å². The van der Waals surface area contributed by atoms with Gasteiger partial charge >= 0.3 is 5.69 Å². The molecule has 0 saturated heterocycles. The Labute approximate surface area is 178 Å². The van der Waals surface area contributed by atoms with Crippen LogP contribution >= 0.6 is 11.6 Å². The second-order valence-corrected chi connectivity index (χ2v) is 7.18. The molecule has 0 radical (unpaired) electrons. The van der Waals surface area contributed by atoms with Crippen LogP contribution in [0.5, 0.6) is 0 Å². The molecule has 6 nitrogen and oxygen atoms in total. The normalized spacial score (nSPS) is 10.7. The number of para-hydroxylation sites is 1. The monoisotopic (exact) mass is 418 g/mol. The Bertz CT molecular complexity index is 1260. The summed E-state index contributed by atoms with van der Waals surface area (Å²) in [7, 11) is 0. The lowest BCUT2D eigenvalue weighted by atomic mass is 10.2. The molecule has 150 valence electrons. The molecule has 1 aromatic heterocycles. The van der Waals surface area contributed by atoms with Gasteiger partial charge in [-0.2, -0.15) is 4.98 Å². The fraction of sp³-hybridized carbons (Fsp3) is 0.0870. The van der Waals surface area contributed by atoms with E-state index in [1.54, 1.807) is 30.3 Å². The lowest BCUT2D eigenvalue weighted by Crippen LogP contribution is -2.30. The van der Waals surface area contributed by atoms with E-state index in [1.165, 1.54) is 4.57 Å². The van der Waals surface area contributed by atoms with Crippen LogP contribution in [0.4, 0.5) is 11.5 Å². The summed E-state index contributed by atoms with van der Waals surface area (Å²) in [5, 5.41) is 7.28. The predicted octanol–water partition coefficient (Wildman–Crippen LogP) is 4.30. The number of hydrogen-bond acceptors (Lipinski definition) is 4. The fourth-order valence-corrected chi connectivity index (χ4v) is 3.40. The fourth-order valence-electron chi connectivity index (χ4n) is 3.21. The number of nitrogens with one attached hydrogen (secondary N) is 2. The van der Waals surface area contributed by atoms with E-state index < -0.39 is 5.69 Å². The largest absolute Gasteiger partial charge is 0.365 e. The molecule has 0 saturated carbocycles. The molecule has 1 heterocycles. The van der Waals surface area contributed by atoms with Crippen molar-refractivity contribution in [1.82, 2.24) is 9.55 Å². The Hall–Kier alpha value is -3.64. The zero-order chi connectivity index (χ0) is 20.9. The van der Waals surface area contributed by atoms with E-state index in [4.69, 9.17) is 11.6 Å². The molecular formula is C23H19ClN4O2. The molecule has 3 aromatic carbocycles. The maximum absolute atomic E-state index is 12.7. The van der Waals surface area contributed by atoms with E-state index in [9.17, 15) is 9.59 Å². The number of rotatable bonds is 6. The molecule has 0 bridgehead atoms. The summed E-state index contributed by atoms with van der Waals surface area (Å²) in [5.74, 6) is 0.155. The van der Waals surface area contributed by atoms with Gasteiger partial charge in [0, 0.05) is 22.6 Å². The van der Waals surface area contributed by atoms with Gasteiger partial charge in [0.1, 0.15) is 12.4 Å². The van der Waals surface area contributed by atoms with E-state index in [0.717, 1.165) is 10.9 Å². The van der Waals surface area contributed by atoms with Gasteiger partial charge in [0.15, 0.2) is 0 Å². The number of nitrogens with zero attached hydrogens (tertiary/aromatic N) is 2. The topological polar surface area (TPSA) is 76.0 Å². The highest BCUT2D eigenvalue weighted by atomic mass is 35.5. The van der Waals surface area contributed by atoms with Crippen molar-refractivity contribution in [3.63, 3.8) is 0 Å². The highest BCUT2D eigenvalue weighted by Gasteiger charge is 2.13. The van der Waals surface area contributed by atoms with Crippen LogP contribution in [0, 0.1) is 0 Å². The molecule has 0 unspecified atom stereocenters. The van der Waals surface area contributed by atoms with Crippen LogP contribution in [0.15, 0.2) is 83.7 Å². The molecule has 7 heteroatoms. The maximum atomic E-state index is 12.7. The number of anilines is 2. The first-order valence-corrected chi connectivity index (χ1v) is 9.81. The highest BCUT2D eigenvalue weighted by Crippen LogP contribution is 2.20. The lowest BCUT2D eigenvalue weighted by molar-refractivity contribution is -0.116. The number of amides is 1. The molecule has 0 spiro atoms. The van der Waals surface area contributed by atoms with Gasteiger partial charge in [-0.25, -0.2) is 4.79 Å². The number of carbonyl (C=O) groups excluding carboxylic acids is 1. The van der Waals surface area contributed by atoms with Crippen molar-refractivity contribution in [1.29, 1.82) is 0 Å². The number of aromatic nitrogens is 2. The molecule has 0 aliphatic carbocycles. The molecule has 0 atom stereocenters. The van der Waals surface area contributed by atoms with Crippen LogP contribution < -0.4 is 16.3 Å². The van der Waals surface area contributed by atoms with Gasteiger partial charge in [-0.1, -0.05) is 60.1 Å². The minimum atomic E-state index is -0.495. The summed E-state index contributed by atoms with van der Waals surface area (Å²) >= 11 is 5.96. The molecular weight excluding hydrogens is 400 g/mol. The number of fused-ring (bicyclic) bond motifs is 1. The predicted molar refractivity (Wildman–Crippen MR) is 120 cm³/mol. The molecule has 1 amide bonds. The average Bonchev–Trinajstić information content (AvgIpc) is 2.75. The smallest absolute Gasteiger partial charge is 0.350 e. The summed E-state index contributed by atoms with van der Waals surface area (Å²) in [6.07, 6.45) is 0. The summed E-state index contributed by atoms with van der Waals surface area (Å²) in [5.41, 5.74) is 1.78. The first-order chi connectivity index (χ1) is 14.6. The average molecular weight is 419 g/mol. The maximum Gasteiger partial charge on any atom is 0.350 e. The third-order valence-corrected chi connectivity index (χ3v) is 4.84. The van der Waals surface area contributed by atoms with Crippen molar-refractivity contribution in [3.05, 3.63) is 99.9 Å². The number of benzene rings is 3. The van der Waals surface area contributed by atoms with Crippen molar-refractivity contribution in [2.24, 2.45) is 0 Å². The number of halogens is 1. The summed E-state index contributed by atoms with van der Waals surface area (Å²) in [6, 6.07) is 24.1. The Kier molecular flexibility index (Phi) is 5.77. The Balaban J connectivity index is 1.60. The first kappa shape index (κ1) is 19.7. The van der Waals surface area contributed by atoms with Crippen molar-refractivity contribution >= 4 is 39.9 Å². The Morgan fingerprint density at radius 3 is 2.53 bits per heavy atom. The van der Waals surface area contributed by atoms with Crippen molar-refractivity contribution in [2.45, 2.75) is 13.1 Å². The van der Waals surface area contributed by atoms with Gasteiger partial charge in [-0.3, -0.25) is 9.36 Å². The number of carbonyl (C=O) groups is 1. The van der Waals surface area contributed by atoms with Gasteiger partial charge in [-0.15, -0.1) is 0 Å². The SMILES string of the molecule is O=C(Cn1c(=O)nc(NCc2ccccc2)c2ccccc21)Nc1cccc(Cl)c1. The van der Waals surface area contributed by atoms with Crippen LogP contribution in [-0.4, -0.2) is 15.5 Å². The molecule has 0 aliphatic rings. The van der Waals surface area contributed by atoms with E-state index in [1.807, 2.05) is 48.5 Å². The third kappa shape index (κ3) is 4.50. The zero-order valence-electron chi connectivity index (χ0n) is 16.0. The summed E-state index contributed by atoms with van der Waals surface area (Å²) < 4.78 is 1.36. The van der Waals surface area contributed by atoms with E-state index in [0.29, 0.717) is 28.6 Å². The van der Waals surface area contributed by atoms with Gasteiger partial charge < -0.3 is 10.6 Å². The second-order valence-electron chi connectivity index (χ2n) is 6.74. The summed E-state index contributed by atoms with van der Waals surface area (Å²) in [6.45, 7) is 0.383. The Morgan fingerprint density at radius 1 is 0.967 bits per heavy atom. The van der Waals surface area contributed by atoms with E-state index in [-0.39, 0.29) is 12.5 Å². The van der Waals surface area contributed by atoms with Crippen LogP contribution in [0.1, 0.15) is 5.56 Å². The van der Waals surface area contributed by atoms with Gasteiger partial charge in [0.25, 0.3) is 0 Å². The molecule has 0 aliphatic heterocycles. The molecule has 0 fully saturated rings. The molecule has 4 rings (SSSR count). The van der Waals surface area contributed by atoms with Crippen LogP contribution in [0.2, 0.25) is 5.02 Å². The third-order valence-electron chi connectivity index (χ3n) is 4.60. The first-order valence-electron chi connectivity index (χ1n) is 9.43. The quantitative estimate of drug-likeness (QED) is 0.489. The van der Waals surface area contributed by atoms with Gasteiger partial charge in [-0.05, 0) is 35.9 Å². The molecule has 4 aromatic rings. The highest BCUT2D eigenvalue weighted by molar-refractivity contribution is 6.30. The van der Waals surface area contributed by atoms with Crippen LogP contribution in [-0.2, 0) is 17.9 Å². The zero-order valence-corrected chi connectivity index (χ0v) is 16.8. The Morgan fingerprint density at radius 2 is 1.73 bits per heavy atom. The lowest BCUT2D eigenvalue weighted by Gasteiger charge is -2.14. The van der Waals surface area contributed by atoms with Crippen LogP contribution in [0.3, 0.4) is 0 Å².